The molecule has 2 rings (SSSR count). The first-order chi connectivity index (χ1) is 10.8. The van der Waals surface area contributed by atoms with Crippen molar-refractivity contribution >= 4 is 17.3 Å². The molecule has 1 N–H and O–H groups in total. The van der Waals surface area contributed by atoms with Gasteiger partial charge in [-0.3, -0.25) is 0 Å². The molecule has 0 fully saturated rings. The fraction of sp³-hybridized carbons (Fsp3) is 0.188. The molecule has 0 saturated carbocycles. The third kappa shape index (κ3) is 3.35. The van der Waals surface area contributed by atoms with E-state index in [2.05, 4.69) is 5.32 Å². The van der Waals surface area contributed by atoms with Gasteiger partial charge in [-0.2, -0.15) is 18.4 Å². The maximum absolute atomic E-state index is 13.7. The lowest BCUT2D eigenvalue weighted by molar-refractivity contribution is -0.165. The predicted molar refractivity (Wildman–Crippen MR) is 81.4 cm³/mol. The summed E-state index contributed by atoms with van der Waals surface area (Å²) < 4.78 is 45.9. The second-order valence-corrected chi connectivity index (χ2v) is 5.16. The highest BCUT2D eigenvalue weighted by atomic mass is 35.5. The topological polar surface area (TPSA) is 45.0 Å². The summed E-state index contributed by atoms with van der Waals surface area (Å²) in [6, 6.07) is 12.2. The van der Waals surface area contributed by atoms with Crippen LogP contribution in [0.2, 0.25) is 5.02 Å². The van der Waals surface area contributed by atoms with Crippen molar-refractivity contribution < 1.29 is 17.9 Å². The van der Waals surface area contributed by atoms with E-state index in [9.17, 15) is 18.4 Å². The van der Waals surface area contributed by atoms with Gasteiger partial charge in [0.25, 0.3) is 0 Å². The number of alkyl halides is 3. The van der Waals surface area contributed by atoms with Gasteiger partial charge in [0.15, 0.2) is 0 Å². The van der Waals surface area contributed by atoms with Crippen LogP contribution in [0.5, 0.6) is 5.75 Å². The molecule has 0 amide bonds. The molecule has 2 aromatic carbocycles. The SMILES string of the molecule is COc1ccc(N[C@@](C#N)(c2ccc(Cl)cc2)C(F)(F)F)cc1. The van der Waals surface area contributed by atoms with Crippen LogP contribution >= 0.6 is 11.6 Å². The number of anilines is 1. The fourth-order valence-corrected chi connectivity index (χ4v) is 2.18. The van der Waals surface area contributed by atoms with Gasteiger partial charge in [-0.05, 0) is 36.4 Å². The van der Waals surface area contributed by atoms with E-state index in [4.69, 9.17) is 16.3 Å². The van der Waals surface area contributed by atoms with Crippen LogP contribution in [-0.2, 0) is 5.54 Å². The maximum Gasteiger partial charge on any atom is 0.429 e. The molecule has 120 valence electrons. The number of benzene rings is 2. The molecule has 0 spiro atoms. The summed E-state index contributed by atoms with van der Waals surface area (Å²) in [5, 5.41) is 11.9. The van der Waals surface area contributed by atoms with Crippen LogP contribution in [0, 0.1) is 11.3 Å². The first-order valence-electron chi connectivity index (χ1n) is 6.48. The second kappa shape index (κ2) is 6.39. The van der Waals surface area contributed by atoms with Crippen LogP contribution in [0.25, 0.3) is 0 Å². The first kappa shape index (κ1) is 17.0. The second-order valence-electron chi connectivity index (χ2n) is 4.72. The smallest absolute Gasteiger partial charge is 0.429 e. The van der Waals surface area contributed by atoms with Crippen molar-refractivity contribution in [3.63, 3.8) is 0 Å². The van der Waals surface area contributed by atoms with Crippen molar-refractivity contribution in [1.29, 1.82) is 5.26 Å². The lowest BCUT2D eigenvalue weighted by Gasteiger charge is -2.31. The molecular weight excluding hydrogens is 329 g/mol. The van der Waals surface area contributed by atoms with Crippen molar-refractivity contribution in [2.45, 2.75) is 11.7 Å². The molecule has 2 aromatic rings. The molecule has 7 heteroatoms. The van der Waals surface area contributed by atoms with Gasteiger partial charge in [0.2, 0.25) is 5.54 Å². The van der Waals surface area contributed by atoms with Crippen molar-refractivity contribution in [2.24, 2.45) is 0 Å². The van der Waals surface area contributed by atoms with Crippen molar-refractivity contribution in [1.82, 2.24) is 0 Å². The minimum Gasteiger partial charge on any atom is -0.497 e. The molecule has 0 aliphatic heterocycles. The van der Waals surface area contributed by atoms with E-state index in [0.717, 1.165) is 0 Å². The number of halogens is 4. The molecule has 23 heavy (non-hydrogen) atoms. The molecule has 0 bridgehead atoms. The Kier molecular flexibility index (Phi) is 4.71. The molecule has 1 atom stereocenters. The summed E-state index contributed by atoms with van der Waals surface area (Å²) in [5.41, 5.74) is -2.99. The maximum atomic E-state index is 13.7. The van der Waals surface area contributed by atoms with Crippen LogP contribution in [0.1, 0.15) is 5.56 Å². The largest absolute Gasteiger partial charge is 0.497 e. The predicted octanol–water partition coefficient (Wildman–Crippen LogP) is 4.74. The summed E-state index contributed by atoms with van der Waals surface area (Å²) in [7, 11) is 1.45. The van der Waals surface area contributed by atoms with Gasteiger partial charge in [-0.15, -0.1) is 0 Å². The van der Waals surface area contributed by atoms with Gasteiger partial charge >= 0.3 is 6.18 Å². The Labute approximate surface area is 136 Å². The molecule has 0 radical (unpaired) electrons. The van der Waals surface area contributed by atoms with Crippen LogP contribution < -0.4 is 10.1 Å². The summed E-state index contributed by atoms with van der Waals surface area (Å²) in [5.74, 6) is 0.497. The Balaban J connectivity index is 2.49. The van der Waals surface area contributed by atoms with Gasteiger partial charge in [0.05, 0.1) is 7.11 Å². The van der Waals surface area contributed by atoms with Gasteiger partial charge < -0.3 is 10.1 Å². The number of rotatable bonds is 4. The normalized spacial score (nSPS) is 13.7. The van der Waals surface area contributed by atoms with Gasteiger partial charge in [0, 0.05) is 16.3 Å². The minimum atomic E-state index is -4.84. The Morgan fingerprint density at radius 1 is 1.04 bits per heavy atom. The standard InChI is InChI=1S/C16H12ClF3N2O/c1-23-14-8-6-13(7-9-14)22-15(10-21,16(18,19)20)11-2-4-12(17)5-3-11/h2-9,22H,1H3/t15-/m0/s1. The number of nitrogens with zero attached hydrogens (tertiary/aromatic N) is 1. The first-order valence-corrected chi connectivity index (χ1v) is 6.86. The molecule has 3 nitrogen and oxygen atoms in total. The van der Waals surface area contributed by atoms with E-state index in [1.54, 1.807) is 0 Å². The lowest BCUT2D eigenvalue weighted by Crippen LogP contribution is -2.47. The highest BCUT2D eigenvalue weighted by Crippen LogP contribution is 2.41. The molecule has 0 heterocycles. The molecule has 0 aromatic heterocycles. The highest BCUT2D eigenvalue weighted by molar-refractivity contribution is 6.30. The Hall–Kier alpha value is -2.39. The fourth-order valence-electron chi connectivity index (χ4n) is 2.05. The molecule has 0 aliphatic carbocycles. The molecule has 0 unspecified atom stereocenters. The Morgan fingerprint density at radius 2 is 1.61 bits per heavy atom. The van der Waals surface area contributed by atoms with E-state index in [0.29, 0.717) is 5.75 Å². The van der Waals surface area contributed by atoms with E-state index < -0.39 is 11.7 Å². The number of hydrogen-bond acceptors (Lipinski definition) is 3. The number of nitriles is 1. The number of hydrogen-bond donors (Lipinski definition) is 1. The van der Waals surface area contributed by atoms with Crippen LogP contribution in [0.3, 0.4) is 0 Å². The average molecular weight is 341 g/mol. The van der Waals surface area contributed by atoms with Crippen LogP contribution in [-0.4, -0.2) is 13.3 Å². The zero-order valence-electron chi connectivity index (χ0n) is 12.0. The Bertz CT molecular complexity index is 708. The quantitative estimate of drug-likeness (QED) is 0.874. The highest BCUT2D eigenvalue weighted by Gasteiger charge is 2.57. The van der Waals surface area contributed by atoms with Crippen molar-refractivity contribution in [3.05, 3.63) is 59.1 Å². The number of nitrogens with one attached hydrogen (secondary N) is 1. The van der Waals surface area contributed by atoms with Gasteiger partial charge in [-0.25, -0.2) is 0 Å². The summed E-state index contributed by atoms with van der Waals surface area (Å²) in [6.07, 6.45) is -4.84. The zero-order valence-corrected chi connectivity index (χ0v) is 12.7. The summed E-state index contributed by atoms with van der Waals surface area (Å²) >= 11 is 5.71. The zero-order chi connectivity index (χ0) is 17.1. The van der Waals surface area contributed by atoms with Crippen LogP contribution in [0.4, 0.5) is 18.9 Å². The van der Waals surface area contributed by atoms with E-state index >= 15 is 0 Å². The van der Waals surface area contributed by atoms with E-state index in [1.807, 2.05) is 0 Å². The molecule has 0 saturated heterocycles. The van der Waals surface area contributed by atoms with Crippen molar-refractivity contribution in [2.75, 3.05) is 12.4 Å². The molecule has 0 aliphatic rings. The summed E-state index contributed by atoms with van der Waals surface area (Å²) in [6.45, 7) is 0. The van der Waals surface area contributed by atoms with E-state index in [1.165, 1.54) is 61.7 Å². The lowest BCUT2D eigenvalue weighted by atomic mass is 9.90. The third-order valence-corrected chi connectivity index (χ3v) is 3.54. The monoisotopic (exact) mass is 340 g/mol. The van der Waals surface area contributed by atoms with Crippen LogP contribution in [0.15, 0.2) is 48.5 Å². The number of methoxy groups -OCH3 is 1. The van der Waals surface area contributed by atoms with E-state index in [-0.39, 0.29) is 16.3 Å². The number of ether oxygens (including phenoxy) is 1. The average Bonchev–Trinajstić information content (AvgIpc) is 2.53. The van der Waals surface area contributed by atoms with Gasteiger partial charge in [-0.1, -0.05) is 23.7 Å². The molecular formula is C16H12ClF3N2O. The Morgan fingerprint density at radius 3 is 2.04 bits per heavy atom. The third-order valence-electron chi connectivity index (χ3n) is 3.29. The minimum absolute atomic E-state index is 0.139. The summed E-state index contributed by atoms with van der Waals surface area (Å²) in [4.78, 5) is 0. The van der Waals surface area contributed by atoms with Gasteiger partial charge in [0.1, 0.15) is 11.8 Å². The van der Waals surface area contributed by atoms with Crippen molar-refractivity contribution in [3.8, 4) is 11.8 Å².